The summed E-state index contributed by atoms with van der Waals surface area (Å²) in [5.41, 5.74) is 6.48. The lowest BCUT2D eigenvalue weighted by Crippen LogP contribution is -2.22. The number of hydrogen-bond donors (Lipinski definition) is 3. The first kappa shape index (κ1) is 12.3. The van der Waals surface area contributed by atoms with E-state index in [0.717, 1.165) is 10.4 Å². The van der Waals surface area contributed by atoms with E-state index in [0.29, 0.717) is 13.1 Å². The fourth-order valence-corrected chi connectivity index (χ4v) is 2.02. The highest BCUT2D eigenvalue weighted by atomic mass is 32.1. The van der Waals surface area contributed by atoms with Crippen molar-refractivity contribution in [1.82, 2.24) is 20.7 Å². The van der Waals surface area contributed by atoms with Gasteiger partial charge in [0.1, 0.15) is 0 Å². The standard InChI is InChI=1S/C11H11N5OS/c12-3-1-2-8-4-9(18-7-8)5-13-11(17)10-6-14-16-15-10/h4,6-7H,3,5,12H2,(H,13,17)(H,14,15,16). The van der Waals surface area contributed by atoms with Gasteiger partial charge in [-0.2, -0.15) is 15.4 Å². The minimum absolute atomic E-state index is 0.258. The highest BCUT2D eigenvalue weighted by Gasteiger charge is 2.08. The predicted molar refractivity (Wildman–Crippen MR) is 67.8 cm³/mol. The Bertz CT molecular complexity index is 578. The van der Waals surface area contributed by atoms with E-state index in [9.17, 15) is 4.79 Å². The van der Waals surface area contributed by atoms with Crippen LogP contribution >= 0.6 is 11.3 Å². The maximum absolute atomic E-state index is 11.6. The number of carbonyl (C=O) groups excluding carboxylic acids is 1. The number of rotatable bonds is 3. The van der Waals surface area contributed by atoms with Gasteiger partial charge in [0.2, 0.25) is 0 Å². The molecule has 1 amide bonds. The minimum Gasteiger partial charge on any atom is -0.346 e. The molecule has 4 N–H and O–H groups in total. The number of hydrogen-bond acceptors (Lipinski definition) is 5. The molecule has 92 valence electrons. The van der Waals surface area contributed by atoms with Crippen LogP contribution in [0.4, 0.5) is 0 Å². The molecule has 0 aromatic carbocycles. The van der Waals surface area contributed by atoms with E-state index >= 15 is 0 Å². The van der Waals surface area contributed by atoms with Gasteiger partial charge in [0, 0.05) is 15.8 Å². The molecule has 2 rings (SSSR count). The van der Waals surface area contributed by atoms with Crippen molar-refractivity contribution in [2.75, 3.05) is 6.54 Å². The lowest BCUT2D eigenvalue weighted by Gasteiger charge is -1.99. The van der Waals surface area contributed by atoms with Crippen molar-refractivity contribution in [2.24, 2.45) is 5.73 Å². The summed E-state index contributed by atoms with van der Waals surface area (Å²) < 4.78 is 0. The Morgan fingerprint density at radius 2 is 2.50 bits per heavy atom. The summed E-state index contributed by atoms with van der Waals surface area (Å²) in [7, 11) is 0. The zero-order chi connectivity index (χ0) is 12.8. The van der Waals surface area contributed by atoms with Gasteiger partial charge in [0.25, 0.3) is 5.91 Å². The first-order valence-electron chi connectivity index (χ1n) is 5.20. The van der Waals surface area contributed by atoms with Crippen LogP contribution < -0.4 is 11.1 Å². The van der Waals surface area contributed by atoms with Crippen LogP contribution in [0.5, 0.6) is 0 Å². The van der Waals surface area contributed by atoms with E-state index < -0.39 is 0 Å². The number of nitrogens with two attached hydrogens (primary N) is 1. The summed E-state index contributed by atoms with van der Waals surface area (Å²) in [4.78, 5) is 12.6. The van der Waals surface area contributed by atoms with E-state index in [4.69, 9.17) is 5.73 Å². The van der Waals surface area contributed by atoms with Crippen LogP contribution in [0.15, 0.2) is 17.6 Å². The molecular weight excluding hydrogens is 250 g/mol. The maximum atomic E-state index is 11.6. The van der Waals surface area contributed by atoms with Crippen LogP contribution in [0.3, 0.4) is 0 Å². The van der Waals surface area contributed by atoms with Gasteiger partial charge < -0.3 is 11.1 Å². The summed E-state index contributed by atoms with van der Waals surface area (Å²) in [6.07, 6.45) is 1.38. The molecule has 18 heavy (non-hydrogen) atoms. The number of amides is 1. The third-order valence-corrected chi connectivity index (χ3v) is 3.00. The Hall–Kier alpha value is -2.17. The molecule has 2 aromatic rings. The summed E-state index contributed by atoms with van der Waals surface area (Å²) in [5.74, 6) is 5.46. The number of aromatic nitrogens is 3. The molecule has 6 nitrogen and oxygen atoms in total. The fraction of sp³-hybridized carbons (Fsp3) is 0.182. The first-order valence-corrected chi connectivity index (χ1v) is 6.08. The second kappa shape index (κ2) is 5.95. The molecule has 7 heteroatoms. The van der Waals surface area contributed by atoms with Crippen molar-refractivity contribution in [3.8, 4) is 11.8 Å². The number of aromatic amines is 1. The van der Waals surface area contributed by atoms with Crippen LogP contribution in [0, 0.1) is 11.8 Å². The van der Waals surface area contributed by atoms with Crippen LogP contribution in [0.25, 0.3) is 0 Å². The zero-order valence-corrected chi connectivity index (χ0v) is 10.3. The summed E-state index contributed by atoms with van der Waals surface area (Å²) in [6, 6.07) is 1.93. The molecular formula is C11H11N5OS. The first-order chi connectivity index (χ1) is 8.79. The lowest BCUT2D eigenvalue weighted by atomic mass is 10.3. The molecule has 0 aliphatic heterocycles. The molecule has 2 aromatic heterocycles. The van der Waals surface area contributed by atoms with Crippen molar-refractivity contribution in [3.05, 3.63) is 33.8 Å². The largest absolute Gasteiger partial charge is 0.346 e. The summed E-state index contributed by atoms with van der Waals surface area (Å²) in [5, 5.41) is 14.3. The zero-order valence-electron chi connectivity index (χ0n) is 9.43. The number of thiophene rings is 1. The summed E-state index contributed by atoms with van der Waals surface area (Å²) in [6.45, 7) is 0.786. The highest BCUT2D eigenvalue weighted by molar-refractivity contribution is 7.10. The summed E-state index contributed by atoms with van der Waals surface area (Å²) >= 11 is 1.54. The molecule has 0 saturated carbocycles. The lowest BCUT2D eigenvalue weighted by molar-refractivity contribution is 0.0946. The van der Waals surface area contributed by atoms with Gasteiger partial charge in [0.15, 0.2) is 5.69 Å². The van der Waals surface area contributed by atoms with Crippen LogP contribution in [0.2, 0.25) is 0 Å². The highest BCUT2D eigenvalue weighted by Crippen LogP contribution is 2.13. The Kier molecular flexibility index (Phi) is 4.06. The third-order valence-electron chi connectivity index (χ3n) is 2.06. The Balaban J connectivity index is 1.90. The van der Waals surface area contributed by atoms with Gasteiger partial charge >= 0.3 is 0 Å². The number of nitrogens with one attached hydrogen (secondary N) is 2. The van der Waals surface area contributed by atoms with Gasteiger partial charge in [-0.05, 0) is 6.07 Å². The topological polar surface area (TPSA) is 96.7 Å². The van der Waals surface area contributed by atoms with Crippen molar-refractivity contribution in [3.63, 3.8) is 0 Å². The molecule has 2 heterocycles. The fourth-order valence-electron chi connectivity index (χ4n) is 1.26. The molecule has 0 aliphatic rings. The second-order valence-electron chi connectivity index (χ2n) is 3.35. The molecule has 0 spiro atoms. The Morgan fingerprint density at radius 3 is 3.22 bits per heavy atom. The third kappa shape index (κ3) is 3.16. The number of nitrogens with zero attached hydrogens (tertiary/aromatic N) is 2. The molecule has 0 saturated heterocycles. The molecule has 0 unspecified atom stereocenters. The number of H-pyrrole nitrogens is 1. The molecule has 0 atom stereocenters. The Morgan fingerprint density at radius 1 is 1.61 bits per heavy atom. The second-order valence-corrected chi connectivity index (χ2v) is 4.34. The Labute approximate surface area is 108 Å². The van der Waals surface area contributed by atoms with Crippen LogP contribution in [-0.2, 0) is 6.54 Å². The SMILES string of the molecule is NCC#Cc1csc(CNC(=O)c2cn[nH]n2)c1. The van der Waals surface area contributed by atoms with E-state index in [1.54, 1.807) is 0 Å². The molecule has 0 radical (unpaired) electrons. The average molecular weight is 261 g/mol. The van der Waals surface area contributed by atoms with Crippen molar-refractivity contribution in [2.45, 2.75) is 6.54 Å². The van der Waals surface area contributed by atoms with Crippen molar-refractivity contribution >= 4 is 17.2 Å². The molecule has 0 aliphatic carbocycles. The van der Waals surface area contributed by atoms with Gasteiger partial charge in [-0.15, -0.1) is 11.3 Å². The van der Waals surface area contributed by atoms with E-state index in [2.05, 4.69) is 32.6 Å². The van der Waals surface area contributed by atoms with E-state index in [1.165, 1.54) is 17.5 Å². The average Bonchev–Trinajstić information content (AvgIpc) is 3.04. The van der Waals surface area contributed by atoms with Gasteiger partial charge in [-0.3, -0.25) is 4.79 Å². The monoisotopic (exact) mass is 261 g/mol. The van der Waals surface area contributed by atoms with Gasteiger partial charge in [-0.25, -0.2) is 0 Å². The normalized spacial score (nSPS) is 9.61. The van der Waals surface area contributed by atoms with Crippen molar-refractivity contribution < 1.29 is 4.79 Å². The van der Waals surface area contributed by atoms with Crippen LogP contribution in [0.1, 0.15) is 20.9 Å². The maximum Gasteiger partial charge on any atom is 0.273 e. The minimum atomic E-state index is -0.258. The molecule has 0 bridgehead atoms. The smallest absolute Gasteiger partial charge is 0.273 e. The number of carbonyl (C=O) groups is 1. The molecule has 0 fully saturated rings. The van der Waals surface area contributed by atoms with E-state index in [1.807, 2.05) is 11.4 Å². The van der Waals surface area contributed by atoms with Gasteiger partial charge in [0.05, 0.1) is 19.3 Å². The van der Waals surface area contributed by atoms with Crippen molar-refractivity contribution in [1.29, 1.82) is 0 Å². The van der Waals surface area contributed by atoms with Gasteiger partial charge in [-0.1, -0.05) is 11.8 Å². The van der Waals surface area contributed by atoms with Crippen LogP contribution in [-0.4, -0.2) is 27.9 Å². The quantitative estimate of drug-likeness (QED) is 0.683. The van der Waals surface area contributed by atoms with E-state index in [-0.39, 0.29) is 11.6 Å². The predicted octanol–water partition coefficient (Wildman–Crippen LogP) is 0.106.